The van der Waals surface area contributed by atoms with Crippen LogP contribution in [0.5, 0.6) is 5.75 Å². The molecule has 0 amide bonds. The number of rotatable bonds is 5. The van der Waals surface area contributed by atoms with Gasteiger partial charge in [0, 0.05) is 5.69 Å². The third kappa shape index (κ3) is 4.56. The molecule has 84 valence electrons. The topological polar surface area (TPSA) is 35.2 Å². The van der Waals surface area contributed by atoms with Crippen molar-refractivity contribution in [2.45, 2.75) is 26.7 Å². The first-order valence-electron chi connectivity index (χ1n) is 5.27. The molecule has 2 nitrogen and oxygen atoms in total. The van der Waals surface area contributed by atoms with Crippen molar-refractivity contribution in [1.29, 1.82) is 0 Å². The van der Waals surface area contributed by atoms with Gasteiger partial charge in [0.2, 0.25) is 0 Å². The summed E-state index contributed by atoms with van der Waals surface area (Å²) in [6.07, 6.45) is 2.29. The summed E-state index contributed by atoms with van der Waals surface area (Å²) in [5.41, 5.74) is 6.38. The quantitative estimate of drug-likeness (QED) is 0.652. The first-order valence-corrected chi connectivity index (χ1v) is 6.06. The first kappa shape index (κ1) is 12.4. The minimum Gasteiger partial charge on any atom is -0.492 e. The third-order valence-electron chi connectivity index (χ3n) is 2.14. The van der Waals surface area contributed by atoms with E-state index in [-0.39, 0.29) is 0 Å². The van der Waals surface area contributed by atoms with Gasteiger partial charge in [-0.3, -0.25) is 0 Å². The fourth-order valence-corrected chi connectivity index (χ4v) is 1.82. The van der Waals surface area contributed by atoms with Gasteiger partial charge in [0.25, 0.3) is 0 Å². The molecule has 1 rings (SSSR count). The molecule has 3 heteroatoms. The van der Waals surface area contributed by atoms with Crippen LogP contribution >= 0.6 is 15.9 Å². The molecule has 0 unspecified atom stereocenters. The van der Waals surface area contributed by atoms with Crippen molar-refractivity contribution >= 4 is 21.6 Å². The maximum atomic E-state index is 5.64. The van der Waals surface area contributed by atoms with Crippen LogP contribution in [0, 0.1) is 5.92 Å². The molecule has 0 spiro atoms. The van der Waals surface area contributed by atoms with E-state index >= 15 is 0 Å². The van der Waals surface area contributed by atoms with Crippen LogP contribution in [-0.4, -0.2) is 6.61 Å². The number of nitrogens with two attached hydrogens (primary N) is 1. The van der Waals surface area contributed by atoms with Crippen LogP contribution in [0.3, 0.4) is 0 Å². The summed E-state index contributed by atoms with van der Waals surface area (Å²) in [6.45, 7) is 5.21. The van der Waals surface area contributed by atoms with E-state index in [0.29, 0.717) is 0 Å². The van der Waals surface area contributed by atoms with E-state index in [2.05, 4.69) is 29.8 Å². The molecule has 0 heterocycles. The lowest BCUT2D eigenvalue weighted by Gasteiger charge is -2.09. The predicted octanol–water partition coefficient (Wildman–Crippen LogP) is 3.85. The zero-order chi connectivity index (χ0) is 11.3. The normalized spacial score (nSPS) is 10.7. The molecule has 2 N–H and O–H groups in total. The van der Waals surface area contributed by atoms with E-state index in [0.717, 1.165) is 34.9 Å². The van der Waals surface area contributed by atoms with Gasteiger partial charge >= 0.3 is 0 Å². The molecule has 0 atom stereocenters. The highest BCUT2D eigenvalue weighted by atomic mass is 79.9. The van der Waals surface area contributed by atoms with E-state index in [1.54, 1.807) is 0 Å². The summed E-state index contributed by atoms with van der Waals surface area (Å²) >= 11 is 3.42. The Labute approximate surface area is 99.9 Å². The van der Waals surface area contributed by atoms with Gasteiger partial charge in [-0.2, -0.15) is 0 Å². The molecular weight excluding hydrogens is 254 g/mol. The molecule has 0 radical (unpaired) electrons. The molecule has 0 aliphatic carbocycles. The number of benzene rings is 1. The molecule has 0 bridgehead atoms. The van der Waals surface area contributed by atoms with E-state index < -0.39 is 0 Å². The smallest absolute Gasteiger partial charge is 0.133 e. The Morgan fingerprint density at radius 2 is 2.13 bits per heavy atom. The summed E-state index contributed by atoms with van der Waals surface area (Å²) in [7, 11) is 0. The molecule has 1 aromatic carbocycles. The SMILES string of the molecule is CC(C)CCCOc1ccc(N)cc1Br. The summed E-state index contributed by atoms with van der Waals surface area (Å²) in [5, 5.41) is 0. The van der Waals surface area contributed by atoms with Crippen molar-refractivity contribution in [1.82, 2.24) is 0 Å². The second kappa shape index (κ2) is 6.01. The highest BCUT2D eigenvalue weighted by Crippen LogP contribution is 2.27. The maximum Gasteiger partial charge on any atom is 0.133 e. The maximum absolute atomic E-state index is 5.64. The standard InChI is InChI=1S/C12H18BrNO/c1-9(2)4-3-7-15-12-6-5-10(14)8-11(12)13/h5-6,8-9H,3-4,7,14H2,1-2H3. The van der Waals surface area contributed by atoms with E-state index in [4.69, 9.17) is 10.5 Å². The molecular formula is C12H18BrNO. The number of halogens is 1. The fourth-order valence-electron chi connectivity index (χ4n) is 1.31. The van der Waals surface area contributed by atoms with Crippen LogP contribution in [0.15, 0.2) is 22.7 Å². The molecule has 0 saturated heterocycles. The van der Waals surface area contributed by atoms with Gasteiger partial charge in [-0.25, -0.2) is 0 Å². The van der Waals surface area contributed by atoms with Crippen molar-refractivity contribution in [3.63, 3.8) is 0 Å². The van der Waals surface area contributed by atoms with Crippen LogP contribution in [0.25, 0.3) is 0 Å². The van der Waals surface area contributed by atoms with Gasteiger partial charge in [0.05, 0.1) is 11.1 Å². The molecule has 0 aromatic heterocycles. The summed E-state index contributed by atoms with van der Waals surface area (Å²) in [5.74, 6) is 1.61. The number of hydrogen-bond donors (Lipinski definition) is 1. The Morgan fingerprint density at radius 3 is 2.73 bits per heavy atom. The Balaban J connectivity index is 2.37. The average Bonchev–Trinajstić information content (AvgIpc) is 2.14. The Kier molecular flexibility index (Phi) is 4.95. The second-order valence-corrected chi connectivity index (χ2v) is 4.93. The molecule has 15 heavy (non-hydrogen) atoms. The summed E-state index contributed by atoms with van der Waals surface area (Å²) in [6, 6.07) is 5.61. The number of anilines is 1. The molecule has 0 fully saturated rings. The minimum absolute atomic E-state index is 0.739. The van der Waals surface area contributed by atoms with Gasteiger partial charge in [0.15, 0.2) is 0 Å². The van der Waals surface area contributed by atoms with Crippen molar-refractivity contribution in [3.05, 3.63) is 22.7 Å². The number of hydrogen-bond acceptors (Lipinski definition) is 2. The molecule has 1 aromatic rings. The van der Waals surface area contributed by atoms with E-state index in [9.17, 15) is 0 Å². The molecule has 0 aliphatic heterocycles. The molecule has 0 saturated carbocycles. The molecule has 0 aliphatic rings. The fraction of sp³-hybridized carbons (Fsp3) is 0.500. The van der Waals surface area contributed by atoms with E-state index in [1.165, 1.54) is 6.42 Å². The zero-order valence-corrected chi connectivity index (χ0v) is 10.9. The van der Waals surface area contributed by atoms with Crippen molar-refractivity contribution in [2.75, 3.05) is 12.3 Å². The lowest BCUT2D eigenvalue weighted by atomic mass is 10.1. The number of nitrogen functional groups attached to an aromatic ring is 1. The van der Waals surface area contributed by atoms with Crippen LogP contribution in [-0.2, 0) is 0 Å². The largest absolute Gasteiger partial charge is 0.492 e. The lowest BCUT2D eigenvalue weighted by molar-refractivity contribution is 0.296. The lowest BCUT2D eigenvalue weighted by Crippen LogP contribution is -2.00. The van der Waals surface area contributed by atoms with E-state index in [1.807, 2.05) is 18.2 Å². The van der Waals surface area contributed by atoms with Crippen molar-refractivity contribution < 1.29 is 4.74 Å². The average molecular weight is 272 g/mol. The minimum atomic E-state index is 0.739. The Bertz CT molecular complexity index is 312. The van der Waals surface area contributed by atoms with Crippen LogP contribution < -0.4 is 10.5 Å². The van der Waals surface area contributed by atoms with Gasteiger partial charge in [-0.05, 0) is 52.9 Å². The second-order valence-electron chi connectivity index (χ2n) is 4.07. The summed E-state index contributed by atoms with van der Waals surface area (Å²) in [4.78, 5) is 0. The van der Waals surface area contributed by atoms with Crippen LogP contribution in [0.4, 0.5) is 5.69 Å². The van der Waals surface area contributed by atoms with Crippen molar-refractivity contribution in [3.8, 4) is 5.75 Å². The highest BCUT2D eigenvalue weighted by molar-refractivity contribution is 9.10. The highest BCUT2D eigenvalue weighted by Gasteiger charge is 2.01. The monoisotopic (exact) mass is 271 g/mol. The van der Waals surface area contributed by atoms with Gasteiger partial charge in [0.1, 0.15) is 5.75 Å². The van der Waals surface area contributed by atoms with Crippen molar-refractivity contribution in [2.24, 2.45) is 5.92 Å². The first-order chi connectivity index (χ1) is 7.09. The van der Waals surface area contributed by atoms with Crippen LogP contribution in [0.2, 0.25) is 0 Å². The predicted molar refractivity (Wildman–Crippen MR) is 68.1 cm³/mol. The van der Waals surface area contributed by atoms with Gasteiger partial charge in [-0.15, -0.1) is 0 Å². The van der Waals surface area contributed by atoms with Crippen LogP contribution in [0.1, 0.15) is 26.7 Å². The Hall–Kier alpha value is -0.700. The zero-order valence-electron chi connectivity index (χ0n) is 9.29. The van der Waals surface area contributed by atoms with Gasteiger partial charge < -0.3 is 10.5 Å². The Morgan fingerprint density at radius 1 is 1.40 bits per heavy atom. The number of ether oxygens (including phenoxy) is 1. The summed E-state index contributed by atoms with van der Waals surface area (Å²) < 4.78 is 6.56. The van der Waals surface area contributed by atoms with Gasteiger partial charge in [-0.1, -0.05) is 13.8 Å². The third-order valence-corrected chi connectivity index (χ3v) is 2.76.